The molecule has 0 spiro atoms. The molecule has 1 aromatic carbocycles. The van der Waals surface area contributed by atoms with Gasteiger partial charge in [-0.3, -0.25) is 9.36 Å². The number of rotatable bonds is 5. The Hall–Kier alpha value is -3.88. The van der Waals surface area contributed by atoms with Crippen LogP contribution >= 0.6 is 0 Å². The predicted molar refractivity (Wildman–Crippen MR) is 96.5 cm³/mol. The second-order valence-electron chi connectivity index (χ2n) is 5.84. The first-order chi connectivity index (χ1) is 13.1. The van der Waals surface area contributed by atoms with Crippen LogP contribution in [0.5, 0.6) is 5.75 Å². The van der Waals surface area contributed by atoms with Crippen molar-refractivity contribution < 1.29 is 13.9 Å². The number of amides is 1. The van der Waals surface area contributed by atoms with E-state index in [4.69, 9.17) is 14.9 Å². The summed E-state index contributed by atoms with van der Waals surface area (Å²) in [5.41, 5.74) is 6.91. The molecule has 27 heavy (non-hydrogen) atoms. The summed E-state index contributed by atoms with van der Waals surface area (Å²) in [7, 11) is 1.58. The molecule has 0 bridgehead atoms. The molecule has 0 saturated carbocycles. The monoisotopic (exact) mass is 365 g/mol. The number of ether oxygens (including phenoxy) is 1. The standard InChI is InChI=1S/C18H15N5O4/c1-26-12-4-2-10(3-5-12)8-23-17-14(21-18(23)25)13(15(19)24)20-16(22-17)11-6-7-27-9-11/h2-7,9H,8H2,1H3,(H2,19,24)(H,21,25). The maximum atomic E-state index is 12.5. The van der Waals surface area contributed by atoms with Crippen molar-refractivity contribution in [3.63, 3.8) is 0 Å². The topological polar surface area (TPSA) is 129 Å². The number of nitrogens with two attached hydrogens (primary N) is 1. The Bertz CT molecular complexity index is 1170. The zero-order valence-corrected chi connectivity index (χ0v) is 14.3. The van der Waals surface area contributed by atoms with Crippen LogP contribution in [0, 0.1) is 0 Å². The summed E-state index contributed by atoms with van der Waals surface area (Å²) < 4.78 is 11.6. The lowest BCUT2D eigenvalue weighted by Gasteiger charge is -2.06. The molecule has 0 atom stereocenters. The molecule has 0 aliphatic heterocycles. The number of furan rings is 1. The number of nitrogens with one attached hydrogen (secondary N) is 1. The van der Waals surface area contributed by atoms with Crippen molar-refractivity contribution in [2.75, 3.05) is 7.11 Å². The van der Waals surface area contributed by atoms with Gasteiger partial charge in [-0.05, 0) is 23.8 Å². The van der Waals surface area contributed by atoms with Crippen molar-refractivity contribution >= 4 is 17.1 Å². The van der Waals surface area contributed by atoms with Gasteiger partial charge in [-0.1, -0.05) is 12.1 Å². The second-order valence-corrected chi connectivity index (χ2v) is 5.84. The molecule has 9 nitrogen and oxygen atoms in total. The fourth-order valence-electron chi connectivity index (χ4n) is 2.79. The first-order valence-electron chi connectivity index (χ1n) is 8.02. The molecule has 4 rings (SSSR count). The molecule has 3 heterocycles. The predicted octanol–water partition coefficient (Wildman–Crippen LogP) is 1.54. The van der Waals surface area contributed by atoms with E-state index in [9.17, 15) is 9.59 Å². The minimum Gasteiger partial charge on any atom is -0.497 e. The summed E-state index contributed by atoms with van der Waals surface area (Å²) in [6.07, 6.45) is 2.92. The first-order valence-corrected chi connectivity index (χ1v) is 8.02. The van der Waals surface area contributed by atoms with E-state index in [-0.39, 0.29) is 29.2 Å². The van der Waals surface area contributed by atoms with Crippen molar-refractivity contribution in [3.05, 3.63) is 64.6 Å². The Morgan fingerprint density at radius 2 is 2.04 bits per heavy atom. The van der Waals surface area contributed by atoms with Gasteiger partial charge in [0.15, 0.2) is 17.2 Å². The quantitative estimate of drug-likeness (QED) is 0.552. The molecule has 0 aliphatic rings. The van der Waals surface area contributed by atoms with Gasteiger partial charge in [-0.15, -0.1) is 0 Å². The van der Waals surface area contributed by atoms with Crippen LogP contribution in [-0.4, -0.2) is 32.5 Å². The molecule has 0 fully saturated rings. The van der Waals surface area contributed by atoms with Crippen LogP contribution in [0.2, 0.25) is 0 Å². The minimum absolute atomic E-state index is 0.0539. The zero-order valence-electron chi connectivity index (χ0n) is 14.3. The summed E-state index contributed by atoms with van der Waals surface area (Å²) in [4.78, 5) is 35.6. The molecule has 9 heteroatoms. The number of aromatic amines is 1. The number of carbonyl (C=O) groups excluding carboxylic acids is 1. The van der Waals surface area contributed by atoms with Crippen molar-refractivity contribution in [3.8, 4) is 17.1 Å². The minimum atomic E-state index is -0.759. The first kappa shape index (κ1) is 16.6. The lowest BCUT2D eigenvalue weighted by molar-refractivity contribution is 0.0997. The highest BCUT2D eigenvalue weighted by Gasteiger charge is 2.19. The average Bonchev–Trinajstić information content (AvgIpc) is 3.30. The molecular weight excluding hydrogens is 350 g/mol. The summed E-state index contributed by atoms with van der Waals surface area (Å²) in [5, 5.41) is 0. The number of imidazole rings is 1. The van der Waals surface area contributed by atoms with Gasteiger partial charge < -0.3 is 19.9 Å². The Balaban J connectivity index is 1.88. The summed E-state index contributed by atoms with van der Waals surface area (Å²) in [6.45, 7) is 0.253. The van der Waals surface area contributed by atoms with Gasteiger partial charge in [0.1, 0.15) is 17.5 Å². The van der Waals surface area contributed by atoms with Gasteiger partial charge in [-0.25, -0.2) is 14.8 Å². The van der Waals surface area contributed by atoms with Gasteiger partial charge in [0, 0.05) is 0 Å². The van der Waals surface area contributed by atoms with Crippen LogP contribution in [-0.2, 0) is 6.54 Å². The van der Waals surface area contributed by atoms with E-state index < -0.39 is 11.6 Å². The zero-order chi connectivity index (χ0) is 19.0. The van der Waals surface area contributed by atoms with Crippen LogP contribution in [0.25, 0.3) is 22.6 Å². The molecule has 4 aromatic rings. The van der Waals surface area contributed by atoms with E-state index in [0.717, 1.165) is 5.56 Å². The van der Waals surface area contributed by atoms with E-state index in [1.165, 1.54) is 17.1 Å². The van der Waals surface area contributed by atoms with Crippen LogP contribution in [0.15, 0.2) is 52.1 Å². The maximum Gasteiger partial charge on any atom is 0.328 e. The number of hydrogen-bond acceptors (Lipinski definition) is 6. The molecule has 0 saturated heterocycles. The number of carbonyl (C=O) groups is 1. The average molecular weight is 365 g/mol. The van der Waals surface area contributed by atoms with E-state index in [2.05, 4.69) is 15.0 Å². The molecule has 0 unspecified atom stereocenters. The number of nitrogens with zero attached hydrogens (tertiary/aromatic N) is 3. The fourth-order valence-corrected chi connectivity index (χ4v) is 2.79. The van der Waals surface area contributed by atoms with Gasteiger partial charge in [0.25, 0.3) is 5.91 Å². The highest BCUT2D eigenvalue weighted by Crippen LogP contribution is 2.21. The highest BCUT2D eigenvalue weighted by molar-refractivity contribution is 6.01. The van der Waals surface area contributed by atoms with Gasteiger partial charge >= 0.3 is 5.69 Å². The summed E-state index contributed by atoms with van der Waals surface area (Å²) in [6, 6.07) is 8.95. The smallest absolute Gasteiger partial charge is 0.328 e. The van der Waals surface area contributed by atoms with Crippen molar-refractivity contribution in [2.45, 2.75) is 6.54 Å². The number of fused-ring (bicyclic) bond motifs is 1. The molecule has 0 aliphatic carbocycles. The second kappa shape index (κ2) is 6.45. The number of H-pyrrole nitrogens is 1. The lowest BCUT2D eigenvalue weighted by Crippen LogP contribution is -2.17. The van der Waals surface area contributed by atoms with E-state index in [0.29, 0.717) is 11.3 Å². The van der Waals surface area contributed by atoms with Gasteiger partial charge in [0.2, 0.25) is 0 Å². The fraction of sp³-hybridized carbons (Fsp3) is 0.111. The number of primary amides is 1. The third-order valence-corrected chi connectivity index (χ3v) is 4.14. The highest BCUT2D eigenvalue weighted by atomic mass is 16.5. The number of benzene rings is 1. The number of methoxy groups -OCH3 is 1. The molecule has 1 amide bonds. The molecule has 3 aromatic heterocycles. The third kappa shape index (κ3) is 2.95. The molecule has 136 valence electrons. The Kier molecular flexibility index (Phi) is 3.96. The normalized spacial score (nSPS) is 11.0. The number of aromatic nitrogens is 4. The largest absolute Gasteiger partial charge is 0.497 e. The number of hydrogen-bond donors (Lipinski definition) is 2. The molecule has 3 N–H and O–H groups in total. The molecule has 0 radical (unpaired) electrons. The summed E-state index contributed by atoms with van der Waals surface area (Å²) >= 11 is 0. The maximum absolute atomic E-state index is 12.5. The van der Waals surface area contributed by atoms with Crippen LogP contribution in [0.3, 0.4) is 0 Å². The Morgan fingerprint density at radius 3 is 2.67 bits per heavy atom. The third-order valence-electron chi connectivity index (χ3n) is 4.14. The Morgan fingerprint density at radius 1 is 1.26 bits per heavy atom. The van der Waals surface area contributed by atoms with Crippen LogP contribution < -0.4 is 16.2 Å². The van der Waals surface area contributed by atoms with Crippen LogP contribution in [0.4, 0.5) is 0 Å². The molecular formula is C18H15N5O4. The van der Waals surface area contributed by atoms with Crippen molar-refractivity contribution in [2.24, 2.45) is 5.73 Å². The van der Waals surface area contributed by atoms with Crippen molar-refractivity contribution in [1.82, 2.24) is 19.5 Å². The van der Waals surface area contributed by atoms with Gasteiger partial charge in [0.05, 0.1) is 25.5 Å². The van der Waals surface area contributed by atoms with E-state index in [1.54, 1.807) is 25.3 Å². The lowest BCUT2D eigenvalue weighted by atomic mass is 10.2. The van der Waals surface area contributed by atoms with Crippen molar-refractivity contribution in [1.29, 1.82) is 0 Å². The summed E-state index contributed by atoms with van der Waals surface area (Å²) in [5.74, 6) is 0.197. The van der Waals surface area contributed by atoms with E-state index in [1.807, 2.05) is 12.1 Å². The van der Waals surface area contributed by atoms with E-state index >= 15 is 0 Å². The SMILES string of the molecule is COc1ccc(Cn2c(=O)[nH]c3c(C(N)=O)nc(-c4ccoc4)nc32)cc1. The van der Waals surface area contributed by atoms with Crippen LogP contribution in [0.1, 0.15) is 16.1 Å². The Labute approximate surface area is 152 Å². The van der Waals surface area contributed by atoms with Gasteiger partial charge in [-0.2, -0.15) is 0 Å².